The van der Waals surface area contributed by atoms with Gasteiger partial charge in [-0.05, 0) is 37.1 Å². The lowest BCUT2D eigenvalue weighted by molar-refractivity contribution is 0.0602. The Balaban J connectivity index is 2.04. The van der Waals surface area contributed by atoms with E-state index in [4.69, 9.17) is 4.74 Å². The Bertz CT molecular complexity index is 976. The number of carbonyl (C=O) groups is 2. The molecule has 0 radical (unpaired) electrons. The number of esters is 1. The number of benzene rings is 1. The van der Waals surface area contributed by atoms with Crippen LogP contribution in [0.25, 0.3) is 5.65 Å². The van der Waals surface area contributed by atoms with Gasteiger partial charge in [0.05, 0.1) is 24.1 Å². The number of nitrogens with one attached hydrogen (secondary N) is 1. The Morgan fingerprint density at radius 1 is 1.19 bits per heavy atom. The molecule has 6 nitrogen and oxygen atoms in total. The van der Waals surface area contributed by atoms with E-state index in [2.05, 4.69) is 10.3 Å². The number of hydrogen-bond acceptors (Lipinski definition) is 4. The van der Waals surface area contributed by atoms with E-state index >= 15 is 0 Å². The fraction of sp³-hybridized carbons (Fsp3) is 0.250. The number of nitrogens with zero attached hydrogens (tertiary/aromatic N) is 2. The first-order chi connectivity index (χ1) is 12.5. The molecular formula is C20H21N3O3. The number of hydrogen-bond donors (Lipinski definition) is 1. The predicted molar refractivity (Wildman–Crippen MR) is 99.7 cm³/mol. The van der Waals surface area contributed by atoms with E-state index in [1.165, 1.54) is 7.11 Å². The second kappa shape index (κ2) is 7.39. The van der Waals surface area contributed by atoms with Crippen molar-refractivity contribution in [3.8, 4) is 0 Å². The van der Waals surface area contributed by atoms with E-state index in [9.17, 15) is 9.59 Å². The molecule has 0 saturated heterocycles. The maximum absolute atomic E-state index is 13.0. The second-order valence-electron chi connectivity index (χ2n) is 6.08. The summed E-state index contributed by atoms with van der Waals surface area (Å²) < 4.78 is 6.59. The molecule has 0 spiro atoms. The highest BCUT2D eigenvalue weighted by molar-refractivity contribution is 6.08. The number of carbonyl (C=O) groups excluding carboxylic acids is 2. The molecule has 0 bridgehead atoms. The lowest BCUT2D eigenvalue weighted by Gasteiger charge is -2.10. The van der Waals surface area contributed by atoms with E-state index in [1.54, 1.807) is 28.7 Å². The highest BCUT2D eigenvalue weighted by atomic mass is 16.5. The number of pyridine rings is 1. The summed E-state index contributed by atoms with van der Waals surface area (Å²) >= 11 is 0. The molecule has 0 aliphatic rings. The van der Waals surface area contributed by atoms with Gasteiger partial charge in [0.15, 0.2) is 0 Å². The zero-order valence-electron chi connectivity index (χ0n) is 15.1. The second-order valence-corrected chi connectivity index (χ2v) is 6.08. The van der Waals surface area contributed by atoms with Gasteiger partial charge < -0.3 is 10.1 Å². The molecule has 1 N–H and O–H groups in total. The largest absolute Gasteiger partial charge is 0.465 e. The van der Waals surface area contributed by atoms with Gasteiger partial charge in [-0.3, -0.25) is 9.20 Å². The molecule has 2 heterocycles. The number of amides is 1. The van der Waals surface area contributed by atoms with Crippen molar-refractivity contribution < 1.29 is 14.3 Å². The van der Waals surface area contributed by atoms with Gasteiger partial charge in [0.1, 0.15) is 11.3 Å². The first-order valence-electron chi connectivity index (χ1n) is 8.51. The monoisotopic (exact) mass is 351 g/mol. The van der Waals surface area contributed by atoms with Gasteiger partial charge in [0, 0.05) is 6.20 Å². The van der Waals surface area contributed by atoms with Crippen molar-refractivity contribution in [3.63, 3.8) is 0 Å². The van der Waals surface area contributed by atoms with Crippen LogP contribution in [0.4, 0.5) is 5.69 Å². The highest BCUT2D eigenvalue weighted by Crippen LogP contribution is 2.20. The number of imidazole rings is 1. The number of anilines is 1. The quantitative estimate of drug-likeness (QED) is 0.713. The topological polar surface area (TPSA) is 72.7 Å². The number of methoxy groups -OCH3 is 1. The number of fused-ring (bicyclic) bond motifs is 1. The minimum absolute atomic E-state index is 0.303. The Morgan fingerprint density at radius 3 is 2.69 bits per heavy atom. The van der Waals surface area contributed by atoms with Crippen LogP contribution in [0.5, 0.6) is 0 Å². The van der Waals surface area contributed by atoms with Crippen LogP contribution in [0, 0.1) is 6.92 Å². The van der Waals surface area contributed by atoms with Gasteiger partial charge in [0.2, 0.25) is 0 Å². The maximum atomic E-state index is 13.0. The summed E-state index contributed by atoms with van der Waals surface area (Å²) in [4.78, 5) is 29.6. The summed E-state index contributed by atoms with van der Waals surface area (Å²) in [5.41, 5.74) is 3.71. The van der Waals surface area contributed by atoms with Crippen molar-refractivity contribution in [1.82, 2.24) is 9.38 Å². The van der Waals surface area contributed by atoms with Crippen LogP contribution >= 0.6 is 0 Å². The molecule has 3 aromatic rings. The molecule has 2 aromatic heterocycles. The highest BCUT2D eigenvalue weighted by Gasteiger charge is 2.21. The number of aromatic nitrogens is 2. The molecule has 26 heavy (non-hydrogen) atoms. The van der Waals surface area contributed by atoms with Crippen molar-refractivity contribution in [3.05, 3.63) is 65.1 Å². The van der Waals surface area contributed by atoms with Gasteiger partial charge in [-0.2, -0.15) is 0 Å². The molecule has 0 unspecified atom stereocenters. The average Bonchev–Trinajstić information content (AvgIpc) is 2.99. The maximum Gasteiger partial charge on any atom is 0.339 e. The van der Waals surface area contributed by atoms with Crippen molar-refractivity contribution in [1.29, 1.82) is 0 Å². The fourth-order valence-electron chi connectivity index (χ4n) is 2.91. The first kappa shape index (κ1) is 17.7. The van der Waals surface area contributed by atoms with E-state index in [0.29, 0.717) is 23.4 Å². The van der Waals surface area contributed by atoms with Crippen molar-refractivity contribution in [2.75, 3.05) is 12.4 Å². The molecule has 0 atom stereocenters. The molecule has 0 aliphatic heterocycles. The molecule has 3 rings (SSSR count). The number of aryl methyl sites for hydroxylation is 2. The SMILES string of the molecule is CCCc1nc2ccc(C)cn2c1C(=O)Nc1ccccc1C(=O)OC. The van der Waals surface area contributed by atoms with Gasteiger partial charge in [-0.1, -0.05) is 31.5 Å². The number of ether oxygens (including phenoxy) is 1. The van der Waals surface area contributed by atoms with Gasteiger partial charge in [-0.15, -0.1) is 0 Å². The van der Waals surface area contributed by atoms with E-state index in [-0.39, 0.29) is 5.91 Å². The summed E-state index contributed by atoms with van der Waals surface area (Å²) in [6.07, 6.45) is 3.46. The Hall–Kier alpha value is -3.15. The predicted octanol–water partition coefficient (Wildman–Crippen LogP) is 3.63. The van der Waals surface area contributed by atoms with E-state index in [0.717, 1.165) is 23.3 Å². The van der Waals surface area contributed by atoms with Crippen molar-refractivity contribution in [2.24, 2.45) is 0 Å². The first-order valence-corrected chi connectivity index (χ1v) is 8.51. The lowest BCUT2D eigenvalue weighted by atomic mass is 10.1. The van der Waals surface area contributed by atoms with Crippen LogP contribution in [0.1, 0.15) is 45.4 Å². The third-order valence-electron chi connectivity index (χ3n) is 4.12. The summed E-state index contributed by atoms with van der Waals surface area (Å²) in [6, 6.07) is 10.6. The summed E-state index contributed by atoms with van der Waals surface area (Å²) in [5, 5.41) is 2.84. The van der Waals surface area contributed by atoms with Gasteiger partial charge in [0.25, 0.3) is 5.91 Å². The van der Waals surface area contributed by atoms with Gasteiger partial charge in [-0.25, -0.2) is 9.78 Å². The molecule has 6 heteroatoms. The number of para-hydroxylation sites is 1. The third kappa shape index (κ3) is 3.31. The Morgan fingerprint density at radius 2 is 1.96 bits per heavy atom. The zero-order valence-corrected chi connectivity index (χ0v) is 15.1. The summed E-state index contributed by atoms with van der Waals surface area (Å²) in [6.45, 7) is 4.01. The minimum Gasteiger partial charge on any atom is -0.465 e. The van der Waals surface area contributed by atoms with Crippen LogP contribution in [0.2, 0.25) is 0 Å². The molecule has 0 aliphatic carbocycles. The molecular weight excluding hydrogens is 330 g/mol. The standard InChI is InChI=1S/C20H21N3O3/c1-4-7-16-18(23-12-13(2)10-11-17(23)21-16)19(24)22-15-9-6-5-8-14(15)20(25)26-3/h5-6,8-12H,4,7H2,1-3H3,(H,22,24). The molecule has 0 fully saturated rings. The minimum atomic E-state index is -0.497. The smallest absolute Gasteiger partial charge is 0.339 e. The van der Waals surface area contributed by atoms with Crippen molar-refractivity contribution in [2.45, 2.75) is 26.7 Å². The van der Waals surface area contributed by atoms with Crippen LogP contribution in [-0.4, -0.2) is 28.4 Å². The normalized spacial score (nSPS) is 10.7. The molecule has 1 aromatic carbocycles. The molecule has 0 saturated carbocycles. The van der Waals surface area contributed by atoms with Crippen molar-refractivity contribution >= 4 is 23.2 Å². The fourth-order valence-corrected chi connectivity index (χ4v) is 2.91. The van der Waals surface area contributed by atoms with Crippen LogP contribution in [0.15, 0.2) is 42.6 Å². The Kier molecular flexibility index (Phi) is 5.02. The van der Waals surface area contributed by atoms with E-state index < -0.39 is 5.97 Å². The average molecular weight is 351 g/mol. The van der Waals surface area contributed by atoms with Crippen LogP contribution in [-0.2, 0) is 11.2 Å². The van der Waals surface area contributed by atoms with Crippen LogP contribution in [0.3, 0.4) is 0 Å². The summed E-state index contributed by atoms with van der Waals surface area (Å²) in [7, 11) is 1.31. The Labute approximate surface area is 151 Å². The third-order valence-corrected chi connectivity index (χ3v) is 4.12. The zero-order chi connectivity index (χ0) is 18.7. The number of rotatable bonds is 5. The van der Waals surface area contributed by atoms with Crippen LogP contribution < -0.4 is 5.32 Å². The summed E-state index contributed by atoms with van der Waals surface area (Å²) in [5.74, 6) is -0.799. The molecule has 1 amide bonds. The molecule has 134 valence electrons. The lowest BCUT2D eigenvalue weighted by Crippen LogP contribution is -2.18. The van der Waals surface area contributed by atoms with Gasteiger partial charge >= 0.3 is 5.97 Å². The van der Waals surface area contributed by atoms with E-state index in [1.807, 2.05) is 32.2 Å².